The van der Waals surface area contributed by atoms with Gasteiger partial charge in [-0.15, -0.1) is 0 Å². The number of alkyl halides is 1. The van der Waals surface area contributed by atoms with Gasteiger partial charge in [-0.1, -0.05) is 23.8 Å². The Balaban J connectivity index is 1.52. The second-order valence-electron chi connectivity index (χ2n) is 9.21. The molecule has 1 saturated heterocycles. The number of hydrogen-bond acceptors (Lipinski definition) is 13. The van der Waals surface area contributed by atoms with E-state index in [0.29, 0.717) is 17.9 Å². The molecule has 0 spiro atoms. The van der Waals surface area contributed by atoms with Crippen molar-refractivity contribution in [3.63, 3.8) is 0 Å². The largest absolute Gasteiger partial charge is 0.575 e. The maximum Gasteiger partial charge on any atom is 0.395 e. The third-order valence-electron chi connectivity index (χ3n) is 6.19. The highest BCUT2D eigenvalue weighted by Crippen LogP contribution is 2.43. The Bertz CT molecular complexity index is 1390. The molecule has 3 aromatic rings. The lowest BCUT2D eigenvalue weighted by Gasteiger charge is -2.24. The third-order valence-corrected chi connectivity index (χ3v) is 7.08. The summed E-state index contributed by atoms with van der Waals surface area (Å²) in [5.41, 5.74) is 4.24. The molecule has 1 unspecified atom stereocenters. The zero-order chi connectivity index (χ0) is 29.0. The Labute approximate surface area is 230 Å². The minimum atomic E-state index is -2.64. The van der Waals surface area contributed by atoms with Crippen LogP contribution in [0.5, 0.6) is 11.5 Å². The van der Waals surface area contributed by atoms with E-state index in [0.717, 1.165) is 6.42 Å². The fourth-order valence-corrected chi connectivity index (χ4v) is 4.85. The fourth-order valence-electron chi connectivity index (χ4n) is 4.11. The molecule has 3 heterocycles. The van der Waals surface area contributed by atoms with Crippen molar-refractivity contribution in [1.82, 2.24) is 19.5 Å². The topological polar surface area (TPSA) is 191 Å². The average molecular weight is 580 g/mol. The van der Waals surface area contributed by atoms with Crippen LogP contribution in [0, 0.1) is 0 Å². The molecule has 1 fully saturated rings. The minimum Gasteiger partial charge on any atom is -0.575 e. The van der Waals surface area contributed by atoms with Crippen LogP contribution in [0.15, 0.2) is 35.3 Å². The van der Waals surface area contributed by atoms with Gasteiger partial charge in [0.15, 0.2) is 40.7 Å². The Kier molecular flexibility index (Phi) is 8.98. The number of anilines is 2. The van der Waals surface area contributed by atoms with Crippen LogP contribution in [0.25, 0.3) is 11.2 Å². The predicted molar refractivity (Wildman–Crippen MR) is 141 cm³/mol. The number of ether oxygens (including phenoxy) is 3. The molecule has 0 aliphatic carbocycles. The van der Waals surface area contributed by atoms with Crippen molar-refractivity contribution in [2.45, 2.75) is 57.3 Å². The van der Waals surface area contributed by atoms with Gasteiger partial charge in [0.1, 0.15) is 18.8 Å². The molecule has 40 heavy (non-hydrogen) atoms. The number of para-hydroxylation sites is 2. The quantitative estimate of drug-likeness (QED) is 0.222. The Morgan fingerprint density at radius 1 is 1.40 bits per heavy atom. The lowest BCUT2D eigenvalue weighted by molar-refractivity contribution is -0.169. The van der Waals surface area contributed by atoms with E-state index in [1.165, 1.54) is 44.0 Å². The van der Waals surface area contributed by atoms with Crippen LogP contribution in [0.2, 0.25) is 0 Å². The van der Waals surface area contributed by atoms with Crippen LogP contribution < -0.4 is 25.2 Å². The molecular formula is C24H31FN7O7P. The zero-order valence-electron chi connectivity index (χ0n) is 22.4. The monoisotopic (exact) mass is 579 g/mol. The second kappa shape index (κ2) is 12.3. The lowest BCUT2D eigenvalue weighted by Crippen LogP contribution is -2.41. The number of imidazole rings is 1. The Hall–Kier alpha value is -3.65. The smallest absolute Gasteiger partial charge is 0.395 e. The number of nitrogens with two attached hydrogens (primary N) is 1. The van der Waals surface area contributed by atoms with E-state index in [-0.39, 0.29) is 29.7 Å². The number of nitrogens with one attached hydrogen (secondary N) is 1. The van der Waals surface area contributed by atoms with Crippen molar-refractivity contribution >= 4 is 37.1 Å². The van der Waals surface area contributed by atoms with E-state index in [4.69, 9.17) is 19.7 Å². The van der Waals surface area contributed by atoms with Crippen molar-refractivity contribution in [2.75, 3.05) is 31.3 Å². The summed E-state index contributed by atoms with van der Waals surface area (Å²) in [6.45, 7) is 4.95. The summed E-state index contributed by atoms with van der Waals surface area (Å²) in [5.74, 6) is -0.0802. The molecule has 0 radical (unpaired) electrons. The van der Waals surface area contributed by atoms with E-state index in [9.17, 15) is 14.8 Å². The maximum absolute atomic E-state index is 15.9. The number of nitrogens with zero attached hydrogens (tertiary/aromatic N) is 5. The number of aromatic nitrogens is 4. The van der Waals surface area contributed by atoms with E-state index in [1.54, 1.807) is 12.1 Å². The molecular weight excluding hydrogens is 548 g/mol. The highest BCUT2D eigenvalue weighted by Gasteiger charge is 2.55. The molecule has 0 saturated carbocycles. The van der Waals surface area contributed by atoms with E-state index in [1.807, 2.05) is 6.92 Å². The van der Waals surface area contributed by atoms with Crippen LogP contribution in [0.3, 0.4) is 0 Å². The summed E-state index contributed by atoms with van der Waals surface area (Å²) in [7, 11) is -1.45. The van der Waals surface area contributed by atoms with Crippen molar-refractivity contribution in [3.05, 3.63) is 30.6 Å². The number of nitrogen functional groups attached to an aromatic ring is 1. The van der Waals surface area contributed by atoms with Crippen LogP contribution in [0.4, 0.5) is 16.2 Å². The van der Waals surface area contributed by atoms with Crippen molar-refractivity contribution in [1.29, 1.82) is 0 Å². The van der Waals surface area contributed by atoms with Gasteiger partial charge in [0.2, 0.25) is 11.7 Å². The first-order valence-electron chi connectivity index (χ1n) is 12.5. The van der Waals surface area contributed by atoms with Gasteiger partial charge in [-0.2, -0.15) is 9.97 Å². The van der Waals surface area contributed by atoms with Gasteiger partial charge in [0.05, 0.1) is 13.4 Å². The number of benzene rings is 1. The summed E-state index contributed by atoms with van der Waals surface area (Å²) >= 11 is 0. The molecule has 1 aromatic carbocycles. The first-order chi connectivity index (χ1) is 19.1. The van der Waals surface area contributed by atoms with E-state index >= 15 is 4.39 Å². The molecule has 4 N–H and O–H groups in total. The number of hydrogen-bond donors (Lipinski definition) is 3. The summed E-state index contributed by atoms with van der Waals surface area (Å²) in [4.78, 5) is 36.6. The Morgan fingerprint density at radius 2 is 2.12 bits per heavy atom. The molecule has 6 atom stereocenters. The summed E-state index contributed by atoms with van der Waals surface area (Å²) in [6, 6.07) is 5.28. The molecule has 1 aliphatic heterocycles. The molecule has 0 bridgehead atoms. The van der Waals surface area contributed by atoms with Crippen LogP contribution in [-0.4, -0.2) is 74.8 Å². The van der Waals surface area contributed by atoms with Gasteiger partial charge in [0, 0.05) is 6.54 Å². The Morgan fingerprint density at radius 3 is 2.83 bits per heavy atom. The molecule has 1 aliphatic rings. The molecule has 4 rings (SSSR count). The first-order valence-corrected chi connectivity index (χ1v) is 13.6. The van der Waals surface area contributed by atoms with Gasteiger partial charge in [-0.05, 0) is 32.4 Å². The molecule has 14 nitrogen and oxygen atoms in total. The second-order valence-corrected chi connectivity index (χ2v) is 10.1. The van der Waals surface area contributed by atoms with Crippen LogP contribution >= 0.6 is 8.17 Å². The number of carbonyl (C=O) groups excluding carboxylic acids is 1. The summed E-state index contributed by atoms with van der Waals surface area (Å²) in [5, 5.41) is 14.0. The lowest BCUT2D eigenvalue weighted by atomic mass is 9.98. The number of halogens is 1. The van der Waals surface area contributed by atoms with Gasteiger partial charge in [0.25, 0.3) is 0 Å². The number of carbonyl (C=O) groups is 1. The average Bonchev–Trinajstić information content (AvgIpc) is 3.43. The van der Waals surface area contributed by atoms with Gasteiger partial charge in [-0.3, -0.25) is 9.09 Å². The summed E-state index contributed by atoms with van der Waals surface area (Å²) in [6.07, 6.45) is -1.82. The summed E-state index contributed by atoms with van der Waals surface area (Å²) < 4.78 is 42.7. The number of methoxy groups -OCH3 is 1. The van der Waals surface area contributed by atoms with E-state index in [2.05, 4.69) is 29.8 Å². The first kappa shape index (κ1) is 29.3. The standard InChI is InChI=1S/C24H31FN7O7P/c1-5-10-27-19-17-20(30-23(26)29-19)32(12-28-17)22-24(3,25)18(33)16(38-22)11-37-14-8-6-7-9-15(14)39-40(35)31-13(2)21(34)36-4/h6-9,12-13,16,18,22,33H,5,10-11H2,1-4H3,(H3,26,27,29,30)/t13-,16+,18+,22+,24+/m0/s1. The number of esters is 1. The molecule has 216 valence electrons. The molecule has 16 heteroatoms. The highest BCUT2D eigenvalue weighted by atomic mass is 31.1. The van der Waals surface area contributed by atoms with Crippen molar-refractivity contribution in [2.24, 2.45) is 4.74 Å². The van der Waals surface area contributed by atoms with Crippen molar-refractivity contribution in [3.8, 4) is 11.5 Å². The zero-order valence-corrected chi connectivity index (χ0v) is 23.2. The normalized spacial score (nSPS) is 23.7. The van der Waals surface area contributed by atoms with Crippen molar-refractivity contribution < 1.29 is 37.9 Å². The third kappa shape index (κ3) is 6.07. The van der Waals surface area contributed by atoms with Crippen LogP contribution in [0.1, 0.15) is 33.4 Å². The molecule has 2 aromatic heterocycles. The predicted octanol–water partition coefficient (Wildman–Crippen LogP) is 2.09. The highest BCUT2D eigenvalue weighted by molar-refractivity contribution is 7.34. The van der Waals surface area contributed by atoms with Crippen LogP contribution in [-0.2, 0) is 14.3 Å². The molecule has 0 amide bonds. The number of rotatable bonds is 11. The van der Waals surface area contributed by atoms with E-state index < -0.39 is 44.3 Å². The maximum atomic E-state index is 15.9. The number of fused-ring (bicyclic) bond motifs is 1. The SMILES string of the molecule is CCCNc1nc(N)nc2c1ncn2[C@@H]1O[C@H](COc2ccccc2O/[P+]([O-])=N/[C@@H](C)C(=O)OC)[C@@H](O)[C@@]1(C)F. The van der Waals surface area contributed by atoms with Gasteiger partial charge >= 0.3 is 14.1 Å². The number of aliphatic hydroxyl groups is 1. The number of aliphatic hydroxyl groups excluding tert-OH is 1. The van der Waals surface area contributed by atoms with Gasteiger partial charge < -0.3 is 35.3 Å². The minimum absolute atomic E-state index is 0.0329. The fraction of sp³-hybridized carbons (Fsp3) is 0.500. The van der Waals surface area contributed by atoms with Gasteiger partial charge in [-0.25, -0.2) is 14.2 Å².